The van der Waals surface area contributed by atoms with Gasteiger partial charge in [-0.2, -0.15) is 0 Å². The van der Waals surface area contributed by atoms with Gasteiger partial charge in [0.1, 0.15) is 0 Å². The van der Waals surface area contributed by atoms with E-state index in [1.807, 2.05) is 0 Å². The van der Waals surface area contributed by atoms with Crippen LogP contribution in [0.15, 0.2) is 0 Å². The van der Waals surface area contributed by atoms with Crippen LogP contribution in [0.3, 0.4) is 0 Å². The molecular formula is C7H17N. The predicted octanol–water partition coefficient (Wildman–Crippen LogP) is 1.77. The highest BCUT2D eigenvalue weighted by molar-refractivity contribution is 4.61. The van der Waals surface area contributed by atoms with E-state index in [0.29, 0.717) is 12.0 Å². The summed E-state index contributed by atoms with van der Waals surface area (Å²) in [6.45, 7) is 6.47. The van der Waals surface area contributed by atoms with E-state index in [-0.39, 0.29) is 0 Å². The highest BCUT2D eigenvalue weighted by Gasteiger charge is 2.03. The molecule has 8 heavy (non-hydrogen) atoms. The smallest absolute Gasteiger partial charge is 0.00361 e. The summed E-state index contributed by atoms with van der Waals surface area (Å²) in [4.78, 5) is 0. The zero-order chi connectivity index (χ0) is 6.57. The van der Waals surface area contributed by atoms with Gasteiger partial charge in [-0.3, -0.25) is 0 Å². The molecule has 0 heterocycles. The van der Waals surface area contributed by atoms with Gasteiger partial charge in [0, 0.05) is 6.04 Å². The number of rotatable bonds is 3. The van der Waals surface area contributed by atoms with Gasteiger partial charge >= 0.3 is 0 Å². The molecule has 1 heteroatoms. The summed E-state index contributed by atoms with van der Waals surface area (Å²) in [6, 6.07) is 0.370. The molecule has 1 nitrogen and oxygen atoms in total. The van der Waals surface area contributed by atoms with Crippen molar-refractivity contribution in [1.29, 1.82) is 0 Å². The fraction of sp³-hybridized carbons (Fsp3) is 1.00. The molecule has 0 aliphatic rings. The molecule has 0 unspecified atom stereocenters. The van der Waals surface area contributed by atoms with Gasteiger partial charge < -0.3 is 5.73 Å². The van der Waals surface area contributed by atoms with Crippen molar-refractivity contribution in [2.75, 3.05) is 0 Å². The summed E-state index contributed by atoms with van der Waals surface area (Å²) in [5, 5.41) is 0. The van der Waals surface area contributed by atoms with Crippen LogP contribution in [0, 0.1) is 5.92 Å². The first-order chi connectivity index (χ1) is 3.68. The van der Waals surface area contributed by atoms with E-state index in [2.05, 4.69) is 20.8 Å². The van der Waals surface area contributed by atoms with E-state index in [1.54, 1.807) is 0 Å². The molecular weight excluding hydrogens is 98.1 g/mol. The third-order valence-corrected chi connectivity index (χ3v) is 1.64. The second-order valence-corrected chi connectivity index (χ2v) is 2.63. The lowest BCUT2D eigenvalue weighted by Crippen LogP contribution is -2.23. The summed E-state index contributed by atoms with van der Waals surface area (Å²) in [5.74, 6) is 0.694. The van der Waals surface area contributed by atoms with E-state index in [4.69, 9.17) is 5.73 Å². The molecule has 0 saturated heterocycles. The second kappa shape index (κ2) is 3.90. The summed E-state index contributed by atoms with van der Waals surface area (Å²) in [7, 11) is 0. The van der Waals surface area contributed by atoms with Gasteiger partial charge in [0.25, 0.3) is 0 Å². The SMILES string of the molecule is CCC[C@@H](C)[C@@H](C)N. The van der Waals surface area contributed by atoms with Crippen molar-refractivity contribution in [2.45, 2.75) is 39.7 Å². The standard InChI is InChI=1S/C7H17N/c1-4-5-6(2)7(3)8/h6-7H,4-5,8H2,1-3H3/t6-,7-/m1/s1. The topological polar surface area (TPSA) is 26.0 Å². The maximum Gasteiger partial charge on any atom is 0.00361 e. The third kappa shape index (κ3) is 3.03. The molecule has 0 radical (unpaired) electrons. The van der Waals surface area contributed by atoms with Gasteiger partial charge in [0.15, 0.2) is 0 Å². The Morgan fingerprint density at radius 3 is 2.00 bits per heavy atom. The molecule has 0 fully saturated rings. The molecule has 2 atom stereocenters. The average molecular weight is 115 g/mol. The predicted molar refractivity (Wildman–Crippen MR) is 37.7 cm³/mol. The fourth-order valence-electron chi connectivity index (χ4n) is 0.718. The molecule has 0 rings (SSSR count). The van der Waals surface area contributed by atoms with E-state index in [1.165, 1.54) is 12.8 Å². The molecule has 0 aliphatic heterocycles. The van der Waals surface area contributed by atoms with Crippen LogP contribution in [0.4, 0.5) is 0 Å². The quantitative estimate of drug-likeness (QED) is 0.596. The van der Waals surface area contributed by atoms with Gasteiger partial charge in [-0.1, -0.05) is 20.3 Å². The lowest BCUT2D eigenvalue weighted by molar-refractivity contribution is 0.446. The average Bonchev–Trinajstić information content (AvgIpc) is 1.67. The largest absolute Gasteiger partial charge is 0.328 e. The third-order valence-electron chi connectivity index (χ3n) is 1.64. The Morgan fingerprint density at radius 2 is 1.88 bits per heavy atom. The van der Waals surface area contributed by atoms with E-state index in [9.17, 15) is 0 Å². The Balaban J connectivity index is 3.17. The molecule has 50 valence electrons. The zero-order valence-corrected chi connectivity index (χ0v) is 6.15. The van der Waals surface area contributed by atoms with Gasteiger partial charge in [-0.15, -0.1) is 0 Å². The molecule has 0 bridgehead atoms. The van der Waals surface area contributed by atoms with Gasteiger partial charge in [-0.05, 0) is 19.3 Å². The van der Waals surface area contributed by atoms with Gasteiger partial charge in [0.2, 0.25) is 0 Å². The van der Waals surface area contributed by atoms with Crippen molar-refractivity contribution in [3.05, 3.63) is 0 Å². The molecule has 0 spiro atoms. The van der Waals surface area contributed by atoms with Crippen molar-refractivity contribution in [1.82, 2.24) is 0 Å². The van der Waals surface area contributed by atoms with E-state index < -0.39 is 0 Å². The molecule has 0 aliphatic carbocycles. The minimum absolute atomic E-state index is 0.370. The summed E-state index contributed by atoms with van der Waals surface area (Å²) in [6.07, 6.45) is 2.51. The summed E-state index contributed by atoms with van der Waals surface area (Å²) < 4.78 is 0. The summed E-state index contributed by atoms with van der Waals surface area (Å²) >= 11 is 0. The van der Waals surface area contributed by atoms with Gasteiger partial charge in [0.05, 0.1) is 0 Å². The molecule has 0 saturated carbocycles. The highest BCUT2D eigenvalue weighted by atomic mass is 14.6. The monoisotopic (exact) mass is 115 g/mol. The van der Waals surface area contributed by atoms with Crippen LogP contribution in [-0.4, -0.2) is 6.04 Å². The van der Waals surface area contributed by atoms with Crippen molar-refractivity contribution >= 4 is 0 Å². The lowest BCUT2D eigenvalue weighted by atomic mass is 9.99. The molecule has 0 aromatic heterocycles. The molecule has 0 aromatic rings. The number of nitrogens with two attached hydrogens (primary N) is 1. The Morgan fingerprint density at radius 1 is 1.38 bits per heavy atom. The maximum absolute atomic E-state index is 5.62. The normalized spacial score (nSPS) is 18.0. The fourth-order valence-corrected chi connectivity index (χ4v) is 0.718. The van der Waals surface area contributed by atoms with Crippen LogP contribution >= 0.6 is 0 Å². The Bertz CT molecular complexity index is 50.3. The van der Waals surface area contributed by atoms with E-state index in [0.717, 1.165) is 0 Å². The van der Waals surface area contributed by atoms with Crippen LogP contribution in [0.1, 0.15) is 33.6 Å². The first-order valence-corrected chi connectivity index (χ1v) is 3.44. The maximum atomic E-state index is 5.62. The van der Waals surface area contributed by atoms with Crippen molar-refractivity contribution < 1.29 is 0 Å². The Labute approximate surface area is 52.3 Å². The van der Waals surface area contributed by atoms with Gasteiger partial charge in [-0.25, -0.2) is 0 Å². The minimum Gasteiger partial charge on any atom is -0.328 e. The minimum atomic E-state index is 0.370. The highest BCUT2D eigenvalue weighted by Crippen LogP contribution is 2.06. The number of hydrogen-bond acceptors (Lipinski definition) is 1. The molecule has 2 N–H and O–H groups in total. The Hall–Kier alpha value is -0.0400. The second-order valence-electron chi connectivity index (χ2n) is 2.63. The summed E-state index contributed by atoms with van der Waals surface area (Å²) in [5.41, 5.74) is 5.62. The van der Waals surface area contributed by atoms with Crippen LogP contribution < -0.4 is 5.73 Å². The van der Waals surface area contributed by atoms with Crippen LogP contribution in [0.25, 0.3) is 0 Å². The molecule has 0 amide bonds. The van der Waals surface area contributed by atoms with Crippen molar-refractivity contribution in [3.8, 4) is 0 Å². The number of hydrogen-bond donors (Lipinski definition) is 1. The van der Waals surface area contributed by atoms with E-state index >= 15 is 0 Å². The Kier molecular flexibility index (Phi) is 3.88. The zero-order valence-electron chi connectivity index (χ0n) is 6.15. The first-order valence-electron chi connectivity index (χ1n) is 3.44. The van der Waals surface area contributed by atoms with Crippen LogP contribution in [0.2, 0.25) is 0 Å². The lowest BCUT2D eigenvalue weighted by Gasteiger charge is -2.12. The van der Waals surface area contributed by atoms with Crippen LogP contribution in [-0.2, 0) is 0 Å². The molecule has 0 aromatic carbocycles. The van der Waals surface area contributed by atoms with Crippen LogP contribution in [0.5, 0.6) is 0 Å². The van der Waals surface area contributed by atoms with Crippen molar-refractivity contribution in [2.24, 2.45) is 11.7 Å². The first kappa shape index (κ1) is 7.96. The van der Waals surface area contributed by atoms with Crippen molar-refractivity contribution in [3.63, 3.8) is 0 Å².